The van der Waals surface area contributed by atoms with Crippen molar-refractivity contribution >= 4 is 23.0 Å². The zero-order chi connectivity index (χ0) is 13.8. The Balaban J connectivity index is 2.28. The van der Waals surface area contributed by atoms with Crippen molar-refractivity contribution in [1.29, 1.82) is 0 Å². The molecule has 0 atom stereocenters. The summed E-state index contributed by atoms with van der Waals surface area (Å²) in [4.78, 5) is 13.5. The summed E-state index contributed by atoms with van der Waals surface area (Å²) >= 11 is 0. The van der Waals surface area contributed by atoms with E-state index in [-0.39, 0.29) is 12.5 Å². The van der Waals surface area contributed by atoms with Gasteiger partial charge in [-0.05, 0) is 37.5 Å². The van der Waals surface area contributed by atoms with Crippen molar-refractivity contribution in [2.75, 3.05) is 35.6 Å². The first-order valence-electron chi connectivity index (χ1n) is 6.73. The highest BCUT2D eigenvalue weighted by Gasteiger charge is 2.18. The molecule has 1 aliphatic rings. The Morgan fingerprint density at radius 1 is 1.42 bits per heavy atom. The van der Waals surface area contributed by atoms with Crippen LogP contribution in [0.15, 0.2) is 12.1 Å². The monoisotopic (exact) mass is 263 g/mol. The molecule has 19 heavy (non-hydrogen) atoms. The Kier molecular flexibility index (Phi) is 4.27. The lowest BCUT2D eigenvalue weighted by Crippen LogP contribution is -2.26. The van der Waals surface area contributed by atoms with Crippen LogP contribution in [0.25, 0.3) is 0 Å². The van der Waals surface area contributed by atoms with E-state index >= 15 is 0 Å². The van der Waals surface area contributed by atoms with Crippen molar-refractivity contribution in [2.24, 2.45) is 0 Å². The lowest BCUT2D eigenvalue weighted by molar-refractivity contribution is -0.116. The van der Waals surface area contributed by atoms with Gasteiger partial charge in [-0.25, -0.2) is 0 Å². The van der Waals surface area contributed by atoms with Gasteiger partial charge in [0.25, 0.3) is 0 Å². The Bertz CT molecular complexity index is 474. The Morgan fingerprint density at radius 3 is 2.89 bits per heavy atom. The van der Waals surface area contributed by atoms with Gasteiger partial charge in [-0.3, -0.25) is 4.79 Å². The van der Waals surface area contributed by atoms with Crippen LogP contribution in [-0.4, -0.2) is 30.7 Å². The molecule has 1 aliphatic heterocycles. The van der Waals surface area contributed by atoms with Gasteiger partial charge < -0.3 is 21.1 Å². The van der Waals surface area contributed by atoms with Crippen LogP contribution < -0.4 is 16.0 Å². The van der Waals surface area contributed by atoms with Crippen molar-refractivity contribution in [3.8, 4) is 0 Å². The molecule has 1 aromatic carbocycles. The predicted octanol–water partition coefficient (Wildman–Crippen LogP) is 1.36. The second kappa shape index (κ2) is 5.93. The number of fused-ring (bicyclic) bond motifs is 1. The molecule has 104 valence electrons. The fraction of sp³-hybridized carbons (Fsp3) is 0.500. The van der Waals surface area contributed by atoms with Gasteiger partial charge >= 0.3 is 0 Å². The molecule has 0 radical (unpaired) electrons. The maximum Gasteiger partial charge on any atom is 0.224 e. The number of amides is 1. The number of carbonyl (C=O) groups is 1. The molecule has 2 rings (SSSR count). The third-order valence-electron chi connectivity index (χ3n) is 3.46. The first kappa shape index (κ1) is 13.7. The SMILES string of the molecule is CCN(CCCO)c1cc2c(cc1N)NC(=O)CC2. The zero-order valence-electron chi connectivity index (χ0n) is 11.3. The van der Waals surface area contributed by atoms with Crippen molar-refractivity contribution in [3.63, 3.8) is 0 Å². The molecule has 1 aromatic rings. The molecule has 5 heteroatoms. The standard InChI is InChI=1S/C14H21N3O2/c1-2-17(6-3-7-18)13-8-10-4-5-14(19)16-12(10)9-11(13)15/h8-9,18H,2-7,15H2,1H3,(H,16,19). The number of aryl methyl sites for hydroxylation is 1. The minimum Gasteiger partial charge on any atom is -0.397 e. The van der Waals surface area contributed by atoms with Crippen LogP contribution in [0.1, 0.15) is 25.3 Å². The van der Waals surface area contributed by atoms with Gasteiger partial charge in [0.05, 0.1) is 11.4 Å². The molecule has 1 amide bonds. The number of hydrogen-bond donors (Lipinski definition) is 3. The molecular formula is C14H21N3O2. The van der Waals surface area contributed by atoms with E-state index < -0.39 is 0 Å². The average molecular weight is 263 g/mol. The number of rotatable bonds is 5. The van der Waals surface area contributed by atoms with Crippen LogP contribution in [0, 0.1) is 0 Å². The number of nitrogens with one attached hydrogen (secondary N) is 1. The predicted molar refractivity (Wildman–Crippen MR) is 77.4 cm³/mol. The fourth-order valence-electron chi connectivity index (χ4n) is 2.42. The summed E-state index contributed by atoms with van der Waals surface area (Å²) in [5.41, 5.74) is 9.70. The van der Waals surface area contributed by atoms with E-state index in [0.29, 0.717) is 12.1 Å². The van der Waals surface area contributed by atoms with Gasteiger partial charge in [0.1, 0.15) is 0 Å². The van der Waals surface area contributed by atoms with Crippen molar-refractivity contribution < 1.29 is 9.90 Å². The van der Waals surface area contributed by atoms with Crippen LogP contribution in [0.2, 0.25) is 0 Å². The van der Waals surface area contributed by atoms with E-state index in [4.69, 9.17) is 10.8 Å². The quantitative estimate of drug-likeness (QED) is 0.701. The zero-order valence-corrected chi connectivity index (χ0v) is 11.3. The molecule has 0 aromatic heterocycles. The summed E-state index contributed by atoms with van der Waals surface area (Å²) in [5.74, 6) is 0.0484. The molecule has 0 bridgehead atoms. The van der Waals surface area contributed by atoms with E-state index in [1.165, 1.54) is 0 Å². The summed E-state index contributed by atoms with van der Waals surface area (Å²) in [6, 6.07) is 3.90. The molecule has 0 unspecified atom stereocenters. The van der Waals surface area contributed by atoms with Crippen LogP contribution >= 0.6 is 0 Å². The van der Waals surface area contributed by atoms with Crippen molar-refractivity contribution in [3.05, 3.63) is 17.7 Å². The minimum absolute atomic E-state index is 0.0484. The number of aliphatic hydroxyl groups is 1. The third kappa shape index (κ3) is 2.98. The molecular weight excluding hydrogens is 242 g/mol. The van der Waals surface area contributed by atoms with Crippen molar-refractivity contribution in [2.45, 2.75) is 26.2 Å². The lowest BCUT2D eigenvalue weighted by Gasteiger charge is -2.27. The van der Waals surface area contributed by atoms with E-state index in [9.17, 15) is 4.79 Å². The number of nitrogens with two attached hydrogens (primary N) is 1. The maximum atomic E-state index is 11.4. The first-order chi connectivity index (χ1) is 9.15. The molecule has 4 N–H and O–H groups in total. The molecule has 1 heterocycles. The second-order valence-electron chi connectivity index (χ2n) is 4.77. The summed E-state index contributed by atoms with van der Waals surface area (Å²) in [7, 11) is 0. The molecule has 0 saturated carbocycles. The summed E-state index contributed by atoms with van der Waals surface area (Å²) in [6.45, 7) is 3.87. The number of nitrogen functional groups attached to an aromatic ring is 1. The summed E-state index contributed by atoms with van der Waals surface area (Å²) in [5, 5.41) is 11.8. The molecule has 0 saturated heterocycles. The highest BCUT2D eigenvalue weighted by Crippen LogP contribution is 2.33. The summed E-state index contributed by atoms with van der Waals surface area (Å²) in [6.07, 6.45) is 2.01. The molecule has 0 spiro atoms. The minimum atomic E-state index is 0.0484. The van der Waals surface area contributed by atoms with Gasteiger partial charge in [-0.15, -0.1) is 0 Å². The molecule has 0 aliphatic carbocycles. The largest absolute Gasteiger partial charge is 0.397 e. The Labute approximate surface area is 113 Å². The van der Waals surface area contributed by atoms with Gasteiger partial charge in [0, 0.05) is 31.8 Å². The topological polar surface area (TPSA) is 78.6 Å². The highest BCUT2D eigenvalue weighted by molar-refractivity contribution is 5.95. The average Bonchev–Trinajstić information content (AvgIpc) is 2.40. The van der Waals surface area contributed by atoms with Crippen LogP contribution in [0.3, 0.4) is 0 Å². The molecule has 0 fully saturated rings. The van der Waals surface area contributed by atoms with E-state index in [1.807, 2.05) is 6.07 Å². The highest BCUT2D eigenvalue weighted by atomic mass is 16.3. The Hall–Kier alpha value is -1.75. The van der Waals surface area contributed by atoms with Crippen LogP contribution in [-0.2, 0) is 11.2 Å². The van der Waals surface area contributed by atoms with E-state index in [0.717, 1.165) is 42.9 Å². The number of aliphatic hydroxyl groups excluding tert-OH is 1. The van der Waals surface area contributed by atoms with Gasteiger partial charge in [-0.2, -0.15) is 0 Å². The number of hydrogen-bond acceptors (Lipinski definition) is 4. The van der Waals surface area contributed by atoms with Gasteiger partial charge in [0.2, 0.25) is 5.91 Å². The second-order valence-corrected chi connectivity index (χ2v) is 4.77. The van der Waals surface area contributed by atoms with Crippen LogP contribution in [0.5, 0.6) is 0 Å². The van der Waals surface area contributed by atoms with E-state index in [1.54, 1.807) is 0 Å². The maximum absolute atomic E-state index is 11.4. The Morgan fingerprint density at radius 2 is 2.21 bits per heavy atom. The number of benzene rings is 1. The lowest BCUT2D eigenvalue weighted by atomic mass is 10.0. The number of nitrogens with zero attached hydrogens (tertiary/aromatic N) is 1. The van der Waals surface area contributed by atoms with E-state index in [2.05, 4.69) is 23.2 Å². The van der Waals surface area contributed by atoms with Gasteiger partial charge in [-0.1, -0.05) is 0 Å². The number of anilines is 3. The summed E-state index contributed by atoms with van der Waals surface area (Å²) < 4.78 is 0. The smallest absolute Gasteiger partial charge is 0.224 e. The number of carbonyl (C=O) groups excluding carboxylic acids is 1. The van der Waals surface area contributed by atoms with Crippen molar-refractivity contribution in [1.82, 2.24) is 0 Å². The van der Waals surface area contributed by atoms with Crippen LogP contribution in [0.4, 0.5) is 17.1 Å². The normalized spacial score (nSPS) is 13.9. The molecule has 5 nitrogen and oxygen atoms in total. The fourth-order valence-corrected chi connectivity index (χ4v) is 2.42. The first-order valence-corrected chi connectivity index (χ1v) is 6.73. The van der Waals surface area contributed by atoms with Gasteiger partial charge in [0.15, 0.2) is 0 Å². The third-order valence-corrected chi connectivity index (χ3v) is 3.46.